The van der Waals surface area contributed by atoms with Crippen LogP contribution in [-0.2, 0) is 0 Å². The second-order valence-corrected chi connectivity index (χ2v) is 5.53. The quantitative estimate of drug-likeness (QED) is 0.641. The summed E-state index contributed by atoms with van der Waals surface area (Å²) in [7, 11) is 0. The van der Waals surface area contributed by atoms with Gasteiger partial charge >= 0.3 is 0 Å². The summed E-state index contributed by atoms with van der Waals surface area (Å²) in [5.41, 5.74) is 4.06. The molecule has 0 nitrogen and oxygen atoms in total. The highest BCUT2D eigenvalue weighted by Crippen LogP contribution is 2.27. The number of hydrogen-bond acceptors (Lipinski definition) is 0. The highest BCUT2D eigenvalue weighted by atomic mass is 79.9. The van der Waals surface area contributed by atoms with Crippen LogP contribution < -0.4 is 0 Å². The summed E-state index contributed by atoms with van der Waals surface area (Å²) < 4.78 is 0. The lowest BCUT2D eigenvalue weighted by molar-refractivity contribution is 1.13. The van der Waals surface area contributed by atoms with Crippen LogP contribution in [0.25, 0.3) is 10.8 Å². The fourth-order valence-electron chi connectivity index (χ4n) is 1.79. The molecule has 0 bridgehead atoms. The van der Waals surface area contributed by atoms with E-state index < -0.39 is 0 Å². The molecule has 0 saturated heterocycles. The van der Waals surface area contributed by atoms with Crippen LogP contribution in [-0.4, -0.2) is 0 Å². The minimum Gasteiger partial charge on any atom is -0.0842 e. The van der Waals surface area contributed by atoms with Crippen LogP contribution in [0.4, 0.5) is 0 Å². The van der Waals surface area contributed by atoms with Crippen LogP contribution in [0.5, 0.6) is 0 Å². The molecule has 0 aromatic heterocycles. The zero-order valence-corrected chi connectivity index (χ0v) is 10.9. The molecule has 0 aliphatic carbocycles. The van der Waals surface area contributed by atoms with Crippen molar-refractivity contribution < 1.29 is 0 Å². The SMILES string of the molecule is Cc1cc2ccc(C(C)Br)cc2cc1C. The van der Waals surface area contributed by atoms with E-state index in [0.717, 1.165) is 0 Å². The fourth-order valence-corrected chi connectivity index (χ4v) is 2.08. The Hall–Kier alpha value is -0.820. The van der Waals surface area contributed by atoms with E-state index in [9.17, 15) is 0 Å². The second kappa shape index (κ2) is 3.97. The molecule has 0 saturated carbocycles. The van der Waals surface area contributed by atoms with Gasteiger partial charge in [0.15, 0.2) is 0 Å². The van der Waals surface area contributed by atoms with E-state index in [1.165, 1.54) is 27.5 Å². The van der Waals surface area contributed by atoms with Crippen molar-refractivity contribution in [2.75, 3.05) is 0 Å². The summed E-state index contributed by atoms with van der Waals surface area (Å²) >= 11 is 3.60. The molecule has 1 unspecified atom stereocenters. The molecule has 2 rings (SSSR count). The predicted molar refractivity (Wildman–Crippen MR) is 70.8 cm³/mol. The Morgan fingerprint density at radius 3 is 2.13 bits per heavy atom. The van der Waals surface area contributed by atoms with Crippen molar-refractivity contribution in [3.05, 3.63) is 47.0 Å². The van der Waals surface area contributed by atoms with Crippen LogP contribution in [0.3, 0.4) is 0 Å². The van der Waals surface area contributed by atoms with Crippen molar-refractivity contribution >= 4 is 26.7 Å². The number of alkyl halides is 1. The lowest BCUT2D eigenvalue weighted by Gasteiger charge is -2.08. The third kappa shape index (κ3) is 2.07. The van der Waals surface area contributed by atoms with E-state index in [4.69, 9.17) is 0 Å². The normalized spacial score (nSPS) is 13.1. The second-order valence-electron chi connectivity index (χ2n) is 4.16. The van der Waals surface area contributed by atoms with Crippen LogP contribution >= 0.6 is 15.9 Å². The molecule has 78 valence electrons. The first-order valence-electron chi connectivity index (χ1n) is 5.23. The van der Waals surface area contributed by atoms with Gasteiger partial charge < -0.3 is 0 Å². The van der Waals surface area contributed by atoms with Gasteiger partial charge in [-0.3, -0.25) is 0 Å². The third-order valence-corrected chi connectivity index (χ3v) is 3.46. The molecule has 1 atom stereocenters. The van der Waals surface area contributed by atoms with Crippen molar-refractivity contribution in [3.8, 4) is 0 Å². The van der Waals surface area contributed by atoms with E-state index in [2.05, 4.69) is 67.0 Å². The van der Waals surface area contributed by atoms with Gasteiger partial charge in [-0.1, -0.05) is 46.3 Å². The van der Waals surface area contributed by atoms with Gasteiger partial charge in [0.2, 0.25) is 0 Å². The highest BCUT2D eigenvalue weighted by Gasteiger charge is 2.03. The van der Waals surface area contributed by atoms with Crippen molar-refractivity contribution in [1.82, 2.24) is 0 Å². The van der Waals surface area contributed by atoms with Gasteiger partial charge in [0.1, 0.15) is 0 Å². The minimum absolute atomic E-state index is 0.420. The van der Waals surface area contributed by atoms with E-state index in [1.54, 1.807) is 0 Å². The van der Waals surface area contributed by atoms with Gasteiger partial charge in [-0.2, -0.15) is 0 Å². The molecule has 15 heavy (non-hydrogen) atoms. The lowest BCUT2D eigenvalue weighted by Crippen LogP contribution is -1.86. The van der Waals surface area contributed by atoms with Gasteiger partial charge in [-0.05, 0) is 48.2 Å². The van der Waals surface area contributed by atoms with Crippen molar-refractivity contribution in [3.63, 3.8) is 0 Å². The molecule has 0 N–H and O–H groups in total. The zero-order valence-electron chi connectivity index (χ0n) is 9.34. The molecule has 0 fully saturated rings. The first-order chi connectivity index (χ1) is 7.08. The molecule has 0 aliphatic rings. The van der Waals surface area contributed by atoms with Crippen LogP contribution in [0.15, 0.2) is 30.3 Å². The maximum absolute atomic E-state index is 3.60. The first-order valence-corrected chi connectivity index (χ1v) is 6.14. The molecule has 0 heterocycles. The summed E-state index contributed by atoms with van der Waals surface area (Å²) in [6.45, 7) is 6.48. The number of rotatable bonds is 1. The minimum atomic E-state index is 0.420. The van der Waals surface area contributed by atoms with Crippen molar-refractivity contribution in [2.45, 2.75) is 25.6 Å². The van der Waals surface area contributed by atoms with E-state index in [0.29, 0.717) is 4.83 Å². The van der Waals surface area contributed by atoms with Crippen molar-refractivity contribution in [2.24, 2.45) is 0 Å². The molecule has 2 aromatic rings. The standard InChI is InChI=1S/C14H15Br/c1-9-6-13-5-4-12(11(3)15)8-14(13)7-10(9)2/h4-8,11H,1-3H3. The summed E-state index contributed by atoms with van der Waals surface area (Å²) in [6, 6.07) is 11.2. The van der Waals surface area contributed by atoms with E-state index >= 15 is 0 Å². The Bertz CT molecular complexity index is 498. The molecule has 0 aliphatic heterocycles. The largest absolute Gasteiger partial charge is 0.0842 e. The maximum Gasteiger partial charge on any atom is 0.0367 e. The zero-order chi connectivity index (χ0) is 11.0. The van der Waals surface area contributed by atoms with Gasteiger partial charge in [0, 0.05) is 4.83 Å². The van der Waals surface area contributed by atoms with Crippen LogP contribution in [0, 0.1) is 13.8 Å². The Morgan fingerprint density at radius 1 is 0.933 bits per heavy atom. The topological polar surface area (TPSA) is 0 Å². The molecule has 0 radical (unpaired) electrons. The number of halogens is 1. The lowest BCUT2D eigenvalue weighted by atomic mass is 10.0. The van der Waals surface area contributed by atoms with Crippen LogP contribution in [0.2, 0.25) is 0 Å². The van der Waals surface area contributed by atoms with Gasteiger partial charge in [-0.15, -0.1) is 0 Å². The summed E-state index contributed by atoms with van der Waals surface area (Å²) in [4.78, 5) is 0.420. The van der Waals surface area contributed by atoms with E-state index in [-0.39, 0.29) is 0 Å². The smallest absolute Gasteiger partial charge is 0.0367 e. The highest BCUT2D eigenvalue weighted by molar-refractivity contribution is 9.09. The van der Waals surface area contributed by atoms with Gasteiger partial charge in [0.25, 0.3) is 0 Å². The van der Waals surface area contributed by atoms with Crippen molar-refractivity contribution in [1.29, 1.82) is 0 Å². The summed E-state index contributed by atoms with van der Waals surface area (Å²) in [5, 5.41) is 2.66. The predicted octanol–water partition coefficient (Wildman–Crippen LogP) is 4.91. The molecule has 0 amide bonds. The monoisotopic (exact) mass is 262 g/mol. The summed E-state index contributed by atoms with van der Waals surface area (Å²) in [5.74, 6) is 0. The van der Waals surface area contributed by atoms with E-state index in [1.807, 2.05) is 0 Å². The molecular weight excluding hydrogens is 248 g/mol. The first kappa shape index (κ1) is 10.7. The molecule has 1 heteroatoms. The maximum atomic E-state index is 3.60. The number of aryl methyl sites for hydroxylation is 2. The molecular formula is C14H15Br. The summed E-state index contributed by atoms with van der Waals surface area (Å²) in [6.07, 6.45) is 0. The Labute approximate surface area is 99.4 Å². The molecule has 0 spiro atoms. The number of benzene rings is 2. The Morgan fingerprint density at radius 2 is 1.53 bits per heavy atom. The number of hydrogen-bond donors (Lipinski definition) is 0. The fraction of sp³-hybridized carbons (Fsp3) is 0.286. The van der Waals surface area contributed by atoms with Gasteiger partial charge in [0.05, 0.1) is 0 Å². The average Bonchev–Trinajstić information content (AvgIpc) is 2.19. The Kier molecular flexibility index (Phi) is 2.83. The van der Waals surface area contributed by atoms with Gasteiger partial charge in [-0.25, -0.2) is 0 Å². The Balaban J connectivity index is 2.66. The molecule has 2 aromatic carbocycles. The average molecular weight is 263 g/mol. The number of fused-ring (bicyclic) bond motifs is 1. The van der Waals surface area contributed by atoms with Crippen LogP contribution in [0.1, 0.15) is 28.4 Å². The third-order valence-electron chi connectivity index (χ3n) is 2.94.